The van der Waals surface area contributed by atoms with E-state index < -0.39 is 12.1 Å². The van der Waals surface area contributed by atoms with Gasteiger partial charge < -0.3 is 19.7 Å². The predicted octanol–water partition coefficient (Wildman–Crippen LogP) is 2.29. The molecule has 1 aliphatic rings. The van der Waals surface area contributed by atoms with Gasteiger partial charge in [-0.05, 0) is 18.6 Å². The number of benzene rings is 1. The number of halogens is 3. The number of para-hydroxylation sites is 1. The number of carboxylic acids is 1. The van der Waals surface area contributed by atoms with Gasteiger partial charge in [0.25, 0.3) is 0 Å². The molecule has 2 aromatic rings. The number of hydrogen-bond acceptors (Lipinski definition) is 5. The molecule has 1 aromatic heterocycles. The molecule has 26 heavy (non-hydrogen) atoms. The van der Waals surface area contributed by atoms with Crippen molar-refractivity contribution in [1.29, 1.82) is 0 Å². The number of nitrogens with one attached hydrogen (secondary N) is 1. The average molecular weight is 371 g/mol. The molecule has 7 nitrogen and oxygen atoms in total. The van der Waals surface area contributed by atoms with Crippen molar-refractivity contribution in [2.45, 2.75) is 26.2 Å². The molecule has 1 aliphatic heterocycles. The first kappa shape index (κ1) is 19.4. The van der Waals surface area contributed by atoms with E-state index in [1.165, 1.54) is 5.56 Å². The number of carboxylic acid groups (broad SMARTS) is 1. The number of aliphatic carboxylic acids is 1. The highest BCUT2D eigenvalue weighted by Gasteiger charge is 2.38. The van der Waals surface area contributed by atoms with Gasteiger partial charge in [-0.25, -0.2) is 14.6 Å². The molecule has 1 aromatic carbocycles. The normalized spacial score (nSPS) is 12.8. The van der Waals surface area contributed by atoms with Crippen LogP contribution in [0.5, 0.6) is 0 Å². The molecule has 2 N–H and O–H groups in total. The van der Waals surface area contributed by atoms with Crippen molar-refractivity contribution in [3.05, 3.63) is 47.5 Å². The summed E-state index contributed by atoms with van der Waals surface area (Å²) in [4.78, 5) is 25.0. The molecule has 0 saturated carbocycles. The first-order valence-corrected chi connectivity index (χ1v) is 7.58. The van der Waals surface area contributed by atoms with E-state index >= 15 is 0 Å². The fraction of sp³-hybridized carbons (Fsp3) is 0.312. The Labute approximate surface area is 146 Å². The van der Waals surface area contributed by atoms with Gasteiger partial charge >= 0.3 is 18.1 Å². The first-order chi connectivity index (χ1) is 12.3. The molecule has 0 saturated heterocycles. The van der Waals surface area contributed by atoms with Gasteiger partial charge in [0.05, 0.1) is 18.0 Å². The molecule has 0 aliphatic carbocycles. The topological polar surface area (TPSA) is 93.5 Å². The van der Waals surface area contributed by atoms with Crippen LogP contribution in [0, 0.1) is 0 Å². The van der Waals surface area contributed by atoms with Crippen LogP contribution in [-0.2, 0) is 22.6 Å². The summed E-state index contributed by atoms with van der Waals surface area (Å²) >= 11 is 0. The standard InChI is InChI=1S/C14H15N3O2.C2HF3O2/c1-2-19-14(18)13-12-8-15-7-10-5-3-4-6-11(10)17(12)9-16-13;3-2(4,5)1(6)7/h3-6,9,15H,2,7-8H2,1H3;(H,6,7). The van der Waals surface area contributed by atoms with Gasteiger partial charge in [0.2, 0.25) is 0 Å². The summed E-state index contributed by atoms with van der Waals surface area (Å²) < 4.78 is 38.7. The van der Waals surface area contributed by atoms with E-state index in [0.717, 1.165) is 17.9 Å². The third kappa shape index (κ3) is 4.39. The Morgan fingerprint density at radius 1 is 1.31 bits per heavy atom. The first-order valence-electron chi connectivity index (χ1n) is 7.58. The van der Waals surface area contributed by atoms with Gasteiger partial charge in [0.15, 0.2) is 5.69 Å². The lowest BCUT2D eigenvalue weighted by atomic mass is 10.2. The van der Waals surface area contributed by atoms with Crippen molar-refractivity contribution in [2.24, 2.45) is 0 Å². The van der Waals surface area contributed by atoms with Crippen molar-refractivity contribution >= 4 is 11.9 Å². The number of carbonyl (C=O) groups excluding carboxylic acids is 1. The van der Waals surface area contributed by atoms with E-state index in [1.54, 1.807) is 13.3 Å². The number of esters is 1. The number of aromatic nitrogens is 2. The monoisotopic (exact) mass is 371 g/mol. The van der Waals surface area contributed by atoms with Crippen LogP contribution in [0.25, 0.3) is 5.69 Å². The lowest BCUT2D eigenvalue weighted by Gasteiger charge is -2.08. The minimum Gasteiger partial charge on any atom is -0.475 e. The number of carbonyl (C=O) groups is 2. The third-order valence-electron chi connectivity index (χ3n) is 3.44. The number of alkyl halides is 3. The Morgan fingerprint density at radius 3 is 2.58 bits per heavy atom. The van der Waals surface area contributed by atoms with Crippen LogP contribution in [0.2, 0.25) is 0 Å². The van der Waals surface area contributed by atoms with Crippen molar-refractivity contribution in [3.8, 4) is 5.69 Å². The Bertz CT molecular complexity index is 802. The van der Waals surface area contributed by atoms with E-state index in [9.17, 15) is 18.0 Å². The summed E-state index contributed by atoms with van der Waals surface area (Å²) in [5.74, 6) is -3.12. The molecular weight excluding hydrogens is 355 g/mol. The zero-order valence-electron chi connectivity index (χ0n) is 13.7. The number of imidazole rings is 1. The van der Waals surface area contributed by atoms with Gasteiger partial charge in [0.1, 0.15) is 6.33 Å². The van der Waals surface area contributed by atoms with E-state index in [1.807, 2.05) is 22.8 Å². The van der Waals surface area contributed by atoms with Gasteiger partial charge in [-0.1, -0.05) is 18.2 Å². The van der Waals surface area contributed by atoms with Gasteiger partial charge in [-0.15, -0.1) is 0 Å². The fourth-order valence-electron chi connectivity index (χ4n) is 2.33. The second-order valence-corrected chi connectivity index (χ2v) is 5.17. The van der Waals surface area contributed by atoms with E-state index in [-0.39, 0.29) is 5.97 Å². The molecule has 10 heteroatoms. The summed E-state index contributed by atoms with van der Waals surface area (Å²) in [6.45, 7) is 3.53. The smallest absolute Gasteiger partial charge is 0.475 e. The second kappa shape index (κ2) is 8.00. The Morgan fingerprint density at radius 2 is 1.96 bits per heavy atom. The Balaban J connectivity index is 0.000000298. The zero-order valence-corrected chi connectivity index (χ0v) is 13.7. The van der Waals surface area contributed by atoms with Crippen LogP contribution >= 0.6 is 0 Å². The molecule has 0 atom stereocenters. The van der Waals surface area contributed by atoms with Crippen LogP contribution in [0.15, 0.2) is 30.6 Å². The van der Waals surface area contributed by atoms with Crippen LogP contribution in [0.4, 0.5) is 13.2 Å². The number of rotatable bonds is 2. The molecule has 0 amide bonds. The van der Waals surface area contributed by atoms with E-state index in [2.05, 4.69) is 16.4 Å². The molecule has 2 heterocycles. The minimum absolute atomic E-state index is 0.356. The fourth-order valence-corrected chi connectivity index (χ4v) is 2.33. The Kier molecular flexibility index (Phi) is 5.98. The molecule has 140 valence electrons. The zero-order chi connectivity index (χ0) is 19.3. The number of nitrogens with zero attached hydrogens (tertiary/aromatic N) is 2. The molecule has 0 fully saturated rings. The number of fused-ring (bicyclic) bond motifs is 3. The highest BCUT2D eigenvalue weighted by Crippen LogP contribution is 2.22. The molecule has 0 spiro atoms. The van der Waals surface area contributed by atoms with Gasteiger partial charge in [-0.2, -0.15) is 13.2 Å². The summed E-state index contributed by atoms with van der Waals surface area (Å²) in [5.41, 5.74) is 3.49. The van der Waals surface area contributed by atoms with Crippen LogP contribution in [0.3, 0.4) is 0 Å². The molecule has 0 unspecified atom stereocenters. The molecule has 0 radical (unpaired) electrons. The molecule has 0 bridgehead atoms. The van der Waals surface area contributed by atoms with Gasteiger partial charge in [0, 0.05) is 13.1 Å². The van der Waals surface area contributed by atoms with Crippen LogP contribution in [-0.4, -0.2) is 39.4 Å². The van der Waals surface area contributed by atoms with E-state index in [4.69, 9.17) is 14.6 Å². The van der Waals surface area contributed by atoms with Gasteiger partial charge in [-0.3, -0.25) is 0 Å². The summed E-state index contributed by atoms with van der Waals surface area (Å²) in [5, 5.41) is 10.4. The second-order valence-electron chi connectivity index (χ2n) is 5.17. The lowest BCUT2D eigenvalue weighted by Crippen LogP contribution is -2.21. The largest absolute Gasteiger partial charge is 0.490 e. The summed E-state index contributed by atoms with van der Waals surface area (Å²) in [6.07, 6.45) is -3.40. The van der Waals surface area contributed by atoms with Crippen molar-refractivity contribution in [3.63, 3.8) is 0 Å². The SMILES string of the molecule is CCOC(=O)c1ncn2c1CNCc1ccccc1-2.O=C(O)C(F)(F)F. The van der Waals surface area contributed by atoms with Crippen molar-refractivity contribution in [2.75, 3.05) is 6.61 Å². The number of hydrogen-bond donors (Lipinski definition) is 2. The minimum atomic E-state index is -5.08. The quantitative estimate of drug-likeness (QED) is 0.787. The average Bonchev–Trinajstić information content (AvgIpc) is 2.90. The third-order valence-corrected chi connectivity index (χ3v) is 3.44. The molecular formula is C16H16F3N3O4. The maximum absolute atomic E-state index is 11.9. The van der Waals surface area contributed by atoms with Crippen LogP contribution < -0.4 is 5.32 Å². The van der Waals surface area contributed by atoms with E-state index in [0.29, 0.717) is 18.8 Å². The number of ether oxygens (including phenoxy) is 1. The summed E-state index contributed by atoms with van der Waals surface area (Å²) in [6, 6.07) is 8.09. The lowest BCUT2D eigenvalue weighted by molar-refractivity contribution is -0.192. The summed E-state index contributed by atoms with van der Waals surface area (Å²) in [7, 11) is 0. The maximum Gasteiger partial charge on any atom is 0.490 e. The van der Waals surface area contributed by atoms with Crippen molar-refractivity contribution < 1.29 is 32.6 Å². The molecule has 3 rings (SSSR count). The highest BCUT2D eigenvalue weighted by atomic mass is 19.4. The highest BCUT2D eigenvalue weighted by molar-refractivity contribution is 5.88. The van der Waals surface area contributed by atoms with Crippen LogP contribution in [0.1, 0.15) is 28.7 Å². The Hall–Kier alpha value is -2.88. The predicted molar refractivity (Wildman–Crippen MR) is 83.8 cm³/mol. The van der Waals surface area contributed by atoms with Crippen molar-refractivity contribution in [1.82, 2.24) is 14.9 Å². The maximum atomic E-state index is 11.9.